The molecular weight excluding hydrogens is 554 g/mol. The highest BCUT2D eigenvalue weighted by atomic mass is 16.4. The molecule has 7 N–H and O–H groups in total. The fraction of sp³-hybridized carbons (Fsp3) is 0.320. The van der Waals surface area contributed by atoms with Crippen molar-refractivity contribution in [3.05, 3.63) is 72.8 Å². The molecule has 4 rings (SSSR count). The van der Waals surface area contributed by atoms with Gasteiger partial charge < -0.3 is 51.0 Å². The van der Waals surface area contributed by atoms with E-state index in [0.717, 1.165) is 0 Å². The highest BCUT2D eigenvalue weighted by Gasteiger charge is 2.31. The van der Waals surface area contributed by atoms with Crippen LogP contribution in [0.5, 0.6) is 0 Å². The maximum atomic E-state index is 12.9. The minimum Gasteiger partial charge on any atom is -0.550 e. The van der Waals surface area contributed by atoms with Gasteiger partial charge in [-0.2, -0.15) is 4.98 Å². The quantitative estimate of drug-likeness (QED) is 0.126. The summed E-state index contributed by atoms with van der Waals surface area (Å²) in [6.45, 7) is 0.592. The van der Waals surface area contributed by atoms with E-state index in [1.54, 1.807) is 24.1 Å². The molecule has 0 saturated heterocycles. The average Bonchev–Trinajstić information content (AvgIpc) is 2.93. The van der Waals surface area contributed by atoms with Gasteiger partial charge in [0.05, 0.1) is 30.2 Å². The molecule has 0 aliphatic carbocycles. The monoisotopic (exact) mass is 581 g/mol. The van der Waals surface area contributed by atoms with Crippen molar-refractivity contribution in [1.29, 1.82) is 0 Å². The normalized spacial score (nSPS) is 14.8. The minimum atomic E-state index is -1.62. The van der Waals surface area contributed by atoms with Gasteiger partial charge in [0.2, 0.25) is 5.95 Å². The number of benzene rings is 1. The molecule has 0 fully saturated rings. The minimum absolute atomic E-state index is 0.0371. The van der Waals surface area contributed by atoms with Gasteiger partial charge in [-0.1, -0.05) is 0 Å². The first-order chi connectivity index (χ1) is 19.9. The van der Waals surface area contributed by atoms with Crippen molar-refractivity contribution in [2.75, 3.05) is 41.0 Å². The first-order valence-electron chi connectivity index (χ1n) is 12.7. The Morgan fingerprint density at radius 2 is 1.86 bits per heavy atom. The lowest BCUT2D eigenvalue weighted by molar-refractivity contribution is -0.309. The Kier molecular flexibility index (Phi) is 8.59. The van der Waals surface area contributed by atoms with Crippen molar-refractivity contribution in [3.8, 4) is 0 Å². The van der Waals surface area contributed by atoms with Crippen LogP contribution in [0.1, 0.15) is 28.8 Å². The van der Waals surface area contributed by atoms with Crippen LogP contribution in [0.4, 0.5) is 23.1 Å². The van der Waals surface area contributed by atoms with Crippen LogP contribution in [0.3, 0.4) is 0 Å². The van der Waals surface area contributed by atoms with E-state index >= 15 is 0 Å². The summed E-state index contributed by atoms with van der Waals surface area (Å²) in [5.74, 6) is -3.64. The lowest BCUT2D eigenvalue weighted by Gasteiger charge is -2.40. The number of aromatic nitrogens is 4. The number of nitrogen functional groups attached to an aromatic ring is 1. The van der Waals surface area contributed by atoms with Crippen LogP contribution in [-0.4, -0.2) is 70.0 Å². The van der Waals surface area contributed by atoms with Crippen molar-refractivity contribution in [3.63, 3.8) is 0 Å². The second-order valence-electron chi connectivity index (χ2n) is 9.59. The summed E-state index contributed by atoms with van der Waals surface area (Å²) in [5.41, 5.74) is 5.06. The van der Waals surface area contributed by atoms with Crippen LogP contribution in [0.2, 0.25) is 0 Å². The largest absolute Gasteiger partial charge is 0.550 e. The van der Waals surface area contributed by atoms with Crippen LogP contribution in [0.25, 0.3) is 0 Å². The van der Waals surface area contributed by atoms with Gasteiger partial charge in [0.15, 0.2) is 5.82 Å². The van der Waals surface area contributed by atoms with Crippen LogP contribution in [-0.2, 0) is 16.1 Å². The predicted octanol–water partition coefficient (Wildman–Crippen LogP) is -3.96. The summed E-state index contributed by atoms with van der Waals surface area (Å²) in [6, 6.07) is 4.29. The van der Waals surface area contributed by atoms with Gasteiger partial charge >= 0.3 is 5.69 Å². The van der Waals surface area contributed by atoms with E-state index in [0.29, 0.717) is 18.8 Å². The number of nitrogens with zero attached hydrogens (tertiary/aromatic N) is 3. The topological polar surface area (TPSA) is 265 Å². The number of hydrogen-bond acceptors (Lipinski definition) is 13. The fourth-order valence-corrected chi connectivity index (χ4v) is 4.53. The van der Waals surface area contributed by atoms with Crippen LogP contribution in [0, 0.1) is 0 Å². The number of H-pyrrole nitrogens is 3. The van der Waals surface area contributed by atoms with E-state index in [1.807, 2.05) is 4.90 Å². The maximum absolute atomic E-state index is 12.9. The molecule has 0 spiro atoms. The van der Waals surface area contributed by atoms with Gasteiger partial charge in [-0.25, -0.2) is 4.79 Å². The summed E-state index contributed by atoms with van der Waals surface area (Å²) in [4.78, 5) is 86.0. The average molecular weight is 582 g/mol. The Bertz CT molecular complexity index is 1660. The number of likely N-dealkylation sites (N-methyl/N-ethyl adjacent to an activating group) is 1. The summed E-state index contributed by atoms with van der Waals surface area (Å²) in [6.07, 6.45) is 0.324. The molecule has 0 saturated carbocycles. The second kappa shape index (κ2) is 12.3. The van der Waals surface area contributed by atoms with E-state index in [1.165, 1.54) is 18.3 Å². The molecule has 17 heteroatoms. The van der Waals surface area contributed by atoms with Crippen LogP contribution in [0.15, 0.2) is 44.8 Å². The Labute approximate surface area is 236 Å². The van der Waals surface area contributed by atoms with Gasteiger partial charge in [-0.15, -0.1) is 0 Å². The number of fused-ring (bicyclic) bond motifs is 1. The SMILES string of the molecule is CN(CC1CNc2nc(N)[nH]c(=O)c2N1Cc1c[nH]c(=O)[nH]c1=O)c1ccc(C(=O)NC(CCC(=O)[O-])C(=O)[O-])cc1. The molecule has 2 aromatic heterocycles. The molecular formula is C25H27N9O8-2. The smallest absolute Gasteiger partial charge is 0.325 e. The number of aliphatic carboxylic acids is 2. The van der Waals surface area contributed by atoms with E-state index in [9.17, 15) is 39.0 Å². The van der Waals surface area contributed by atoms with Gasteiger partial charge in [-0.05, 0) is 37.1 Å². The van der Waals surface area contributed by atoms with Crippen molar-refractivity contribution in [1.82, 2.24) is 25.3 Å². The van der Waals surface area contributed by atoms with Crippen molar-refractivity contribution < 1.29 is 24.6 Å². The highest BCUT2D eigenvalue weighted by Crippen LogP contribution is 2.28. The molecule has 1 aromatic carbocycles. The highest BCUT2D eigenvalue weighted by molar-refractivity contribution is 5.96. The Morgan fingerprint density at radius 1 is 1.14 bits per heavy atom. The molecule has 222 valence electrons. The molecule has 0 bridgehead atoms. The zero-order valence-corrected chi connectivity index (χ0v) is 22.3. The lowest BCUT2D eigenvalue weighted by atomic mass is 10.1. The first-order valence-corrected chi connectivity index (χ1v) is 12.7. The van der Waals surface area contributed by atoms with E-state index in [4.69, 9.17) is 5.73 Å². The number of anilines is 4. The molecule has 2 atom stereocenters. The van der Waals surface area contributed by atoms with E-state index in [2.05, 4.69) is 30.6 Å². The van der Waals surface area contributed by atoms with Gasteiger partial charge in [-0.3, -0.25) is 24.4 Å². The number of nitrogens with one attached hydrogen (secondary N) is 5. The van der Waals surface area contributed by atoms with Crippen molar-refractivity contribution in [2.24, 2.45) is 0 Å². The molecule has 0 radical (unpaired) electrons. The van der Waals surface area contributed by atoms with E-state index in [-0.39, 0.29) is 41.5 Å². The van der Waals surface area contributed by atoms with Crippen molar-refractivity contribution >= 4 is 41.0 Å². The lowest BCUT2D eigenvalue weighted by Crippen LogP contribution is -2.52. The van der Waals surface area contributed by atoms with Gasteiger partial charge in [0, 0.05) is 43.6 Å². The fourth-order valence-electron chi connectivity index (χ4n) is 4.53. The Balaban J connectivity index is 1.53. The summed E-state index contributed by atoms with van der Waals surface area (Å²) in [5, 5.41) is 27.3. The molecule has 2 unspecified atom stereocenters. The number of hydrogen-bond donors (Lipinski definition) is 6. The Hall–Kier alpha value is -5.61. The zero-order valence-electron chi connectivity index (χ0n) is 22.3. The third-order valence-corrected chi connectivity index (χ3v) is 6.67. The van der Waals surface area contributed by atoms with Crippen LogP contribution < -0.4 is 53.2 Å². The molecule has 3 aromatic rings. The number of nitrogens with two attached hydrogens (primary N) is 1. The predicted molar refractivity (Wildman–Crippen MR) is 146 cm³/mol. The number of aromatic amines is 3. The number of carboxylic acid groups (broad SMARTS) is 2. The zero-order chi connectivity index (χ0) is 30.6. The standard InChI is InChI=1S/C25H29N9O8/c1-33(14-4-2-12(3-5-14)20(37)29-16(23(40)41)6-7-17(35)36)11-15-9-27-19-18(22(39)31-24(26)30-19)34(15)10-13-8-28-25(42)32-21(13)38/h2-5,8,15-16H,6-7,9-11H2,1H3,(H,29,37)(H,35,36)(H,40,41)(H2,28,32,38,42)(H4,26,27,30,31,39)/p-2. The molecule has 17 nitrogen and oxygen atoms in total. The molecule has 1 aliphatic heterocycles. The summed E-state index contributed by atoms with van der Waals surface area (Å²) < 4.78 is 0. The number of rotatable bonds is 11. The third kappa shape index (κ3) is 6.75. The number of carbonyl (C=O) groups excluding carboxylic acids is 3. The molecule has 42 heavy (non-hydrogen) atoms. The molecule has 3 heterocycles. The summed E-state index contributed by atoms with van der Waals surface area (Å²) >= 11 is 0. The van der Waals surface area contributed by atoms with Gasteiger partial charge in [0.1, 0.15) is 5.69 Å². The van der Waals surface area contributed by atoms with Crippen molar-refractivity contribution in [2.45, 2.75) is 31.5 Å². The third-order valence-electron chi connectivity index (χ3n) is 6.67. The maximum Gasteiger partial charge on any atom is 0.325 e. The van der Waals surface area contributed by atoms with E-state index < -0.39 is 53.2 Å². The second-order valence-corrected chi connectivity index (χ2v) is 9.59. The number of carbonyl (C=O) groups is 3. The number of amides is 1. The Morgan fingerprint density at radius 3 is 2.50 bits per heavy atom. The first kappa shape index (κ1) is 29.4. The summed E-state index contributed by atoms with van der Waals surface area (Å²) in [7, 11) is 1.77. The van der Waals surface area contributed by atoms with Crippen LogP contribution >= 0.6 is 0 Å². The van der Waals surface area contributed by atoms with Gasteiger partial charge in [0.25, 0.3) is 17.0 Å². The molecule has 1 aliphatic rings. The molecule has 1 amide bonds. The number of carboxylic acids is 2.